The summed E-state index contributed by atoms with van der Waals surface area (Å²) in [6.45, 7) is 3.89. The molecule has 0 unspecified atom stereocenters. The number of nitrogens with two attached hydrogens (primary N) is 1. The number of nitrogens with zero attached hydrogens (tertiary/aromatic N) is 4. The molecule has 1 heterocycles. The van der Waals surface area contributed by atoms with E-state index in [-0.39, 0.29) is 5.91 Å². The highest BCUT2D eigenvalue weighted by Crippen LogP contribution is 2.14. The first-order valence-corrected chi connectivity index (χ1v) is 6.31. The molecule has 0 aliphatic heterocycles. The summed E-state index contributed by atoms with van der Waals surface area (Å²) in [6.07, 6.45) is 0.984. The maximum absolute atomic E-state index is 11.7. The molecule has 0 saturated heterocycles. The average molecular weight is 257 g/mol. The third kappa shape index (κ3) is 4.27. The van der Waals surface area contributed by atoms with E-state index in [9.17, 15) is 4.79 Å². The maximum Gasteiger partial charge on any atom is 0.236 e. The lowest BCUT2D eigenvalue weighted by Gasteiger charge is -2.22. The highest BCUT2D eigenvalue weighted by atomic mass is 32.1. The minimum absolute atomic E-state index is 0.0835. The fourth-order valence-corrected chi connectivity index (χ4v) is 1.84. The number of likely N-dealkylation sites (N-methyl/N-ethyl adjacent to an activating group) is 1. The van der Waals surface area contributed by atoms with Crippen LogP contribution in [0.25, 0.3) is 0 Å². The number of nitrogen functional groups attached to an aromatic ring is 1. The van der Waals surface area contributed by atoms with Gasteiger partial charge in [0, 0.05) is 32.2 Å². The Morgan fingerprint density at radius 2 is 2.18 bits per heavy atom. The van der Waals surface area contributed by atoms with Crippen LogP contribution in [0.1, 0.15) is 19.0 Å². The Labute approximate surface area is 106 Å². The van der Waals surface area contributed by atoms with Gasteiger partial charge >= 0.3 is 0 Å². The molecule has 1 aromatic rings. The maximum atomic E-state index is 11.7. The number of hydrogen-bond acceptors (Lipinski definition) is 6. The molecule has 7 heteroatoms. The van der Waals surface area contributed by atoms with Gasteiger partial charge in [0.1, 0.15) is 10.7 Å². The highest BCUT2D eigenvalue weighted by molar-refractivity contribution is 7.09. The standard InChI is InChI=1S/C10H19N5OS/c1-4-5-15(7-9(16)14(2)3)6-8-10(11)17-13-12-8/h4-7,11H2,1-3H3. The van der Waals surface area contributed by atoms with Crippen LogP contribution in [0.5, 0.6) is 0 Å². The van der Waals surface area contributed by atoms with E-state index in [1.807, 2.05) is 4.90 Å². The van der Waals surface area contributed by atoms with Gasteiger partial charge in [0.25, 0.3) is 0 Å². The molecule has 0 atom stereocenters. The molecule has 0 saturated carbocycles. The number of carbonyl (C=O) groups is 1. The number of rotatable bonds is 6. The van der Waals surface area contributed by atoms with Gasteiger partial charge in [-0.2, -0.15) is 0 Å². The van der Waals surface area contributed by atoms with E-state index in [1.165, 1.54) is 11.5 Å². The third-order valence-electron chi connectivity index (χ3n) is 2.36. The fourth-order valence-electron chi connectivity index (χ4n) is 1.40. The van der Waals surface area contributed by atoms with Crippen molar-refractivity contribution in [2.75, 3.05) is 32.9 Å². The monoisotopic (exact) mass is 257 g/mol. The van der Waals surface area contributed by atoms with E-state index in [4.69, 9.17) is 5.73 Å². The lowest BCUT2D eigenvalue weighted by Crippen LogP contribution is -2.36. The predicted octanol–water partition coefficient (Wildman–Crippen LogP) is 0.420. The molecule has 0 fully saturated rings. The lowest BCUT2D eigenvalue weighted by atomic mass is 10.3. The van der Waals surface area contributed by atoms with Gasteiger partial charge in [-0.1, -0.05) is 11.4 Å². The summed E-state index contributed by atoms with van der Waals surface area (Å²) >= 11 is 1.18. The number of amides is 1. The first kappa shape index (κ1) is 13.9. The van der Waals surface area contributed by atoms with E-state index in [0.717, 1.165) is 18.7 Å². The van der Waals surface area contributed by atoms with Gasteiger partial charge in [0.15, 0.2) is 0 Å². The van der Waals surface area contributed by atoms with Crippen LogP contribution in [0.4, 0.5) is 5.00 Å². The molecule has 0 aliphatic carbocycles. The van der Waals surface area contributed by atoms with E-state index in [1.54, 1.807) is 19.0 Å². The summed E-state index contributed by atoms with van der Waals surface area (Å²) in [6, 6.07) is 0. The summed E-state index contributed by atoms with van der Waals surface area (Å²) < 4.78 is 3.79. The van der Waals surface area contributed by atoms with Crippen molar-refractivity contribution in [1.29, 1.82) is 0 Å². The molecule has 1 aromatic heterocycles. The van der Waals surface area contributed by atoms with Gasteiger partial charge in [0.2, 0.25) is 5.91 Å². The zero-order valence-electron chi connectivity index (χ0n) is 10.5. The highest BCUT2D eigenvalue weighted by Gasteiger charge is 2.15. The minimum atomic E-state index is 0.0835. The zero-order chi connectivity index (χ0) is 12.8. The summed E-state index contributed by atoms with van der Waals surface area (Å²) in [4.78, 5) is 15.3. The fraction of sp³-hybridized carbons (Fsp3) is 0.700. The predicted molar refractivity (Wildman–Crippen MR) is 68.6 cm³/mol. The molecule has 2 N–H and O–H groups in total. The number of hydrogen-bond donors (Lipinski definition) is 1. The van der Waals surface area contributed by atoms with E-state index in [0.29, 0.717) is 18.1 Å². The first-order valence-electron chi connectivity index (χ1n) is 5.53. The summed E-state index contributed by atoms with van der Waals surface area (Å²) in [5.74, 6) is 0.0835. The van der Waals surface area contributed by atoms with Crippen LogP contribution in [0.3, 0.4) is 0 Å². The van der Waals surface area contributed by atoms with Crippen molar-refractivity contribution in [2.45, 2.75) is 19.9 Å². The van der Waals surface area contributed by atoms with Crippen molar-refractivity contribution in [3.63, 3.8) is 0 Å². The van der Waals surface area contributed by atoms with Gasteiger partial charge in [-0.3, -0.25) is 9.69 Å². The molecular weight excluding hydrogens is 238 g/mol. The van der Waals surface area contributed by atoms with Crippen molar-refractivity contribution in [2.24, 2.45) is 0 Å². The molecule has 0 aliphatic rings. The van der Waals surface area contributed by atoms with Gasteiger partial charge in [-0.25, -0.2) is 0 Å². The van der Waals surface area contributed by atoms with Crippen molar-refractivity contribution < 1.29 is 4.79 Å². The van der Waals surface area contributed by atoms with Gasteiger partial charge in [-0.05, 0) is 13.0 Å². The third-order valence-corrected chi connectivity index (χ3v) is 2.95. The molecular formula is C10H19N5OS. The van der Waals surface area contributed by atoms with Gasteiger partial charge in [-0.15, -0.1) is 5.10 Å². The summed E-state index contributed by atoms with van der Waals surface area (Å²) in [7, 11) is 3.51. The number of anilines is 1. The molecule has 1 rings (SSSR count). The Bertz CT molecular complexity index is 365. The smallest absolute Gasteiger partial charge is 0.236 e. The van der Waals surface area contributed by atoms with Gasteiger partial charge in [0.05, 0.1) is 6.54 Å². The SMILES string of the molecule is CCCN(CC(=O)N(C)C)Cc1nnsc1N. The topological polar surface area (TPSA) is 75.4 Å². The van der Waals surface area contributed by atoms with Crippen molar-refractivity contribution in [1.82, 2.24) is 19.4 Å². The van der Waals surface area contributed by atoms with Crippen molar-refractivity contribution in [3.8, 4) is 0 Å². The van der Waals surface area contributed by atoms with Crippen LogP contribution >= 0.6 is 11.5 Å². The van der Waals surface area contributed by atoms with Crippen LogP contribution in [-0.2, 0) is 11.3 Å². The van der Waals surface area contributed by atoms with Crippen LogP contribution < -0.4 is 5.73 Å². The average Bonchev–Trinajstić information content (AvgIpc) is 2.64. The van der Waals surface area contributed by atoms with Crippen LogP contribution in [-0.4, -0.2) is 52.5 Å². The van der Waals surface area contributed by atoms with Crippen molar-refractivity contribution >= 4 is 22.4 Å². The normalized spacial score (nSPS) is 10.8. The first-order chi connectivity index (χ1) is 8.04. The second-order valence-corrected chi connectivity index (χ2v) is 4.87. The second-order valence-electron chi connectivity index (χ2n) is 4.08. The molecule has 17 heavy (non-hydrogen) atoms. The van der Waals surface area contributed by atoms with E-state index < -0.39 is 0 Å². The Morgan fingerprint density at radius 1 is 1.47 bits per heavy atom. The lowest BCUT2D eigenvalue weighted by molar-refractivity contribution is -0.130. The van der Waals surface area contributed by atoms with Crippen LogP contribution in [0.2, 0.25) is 0 Å². The molecule has 0 aromatic carbocycles. The number of carbonyl (C=O) groups excluding carboxylic acids is 1. The Balaban J connectivity index is 2.60. The van der Waals surface area contributed by atoms with Crippen LogP contribution in [0, 0.1) is 0 Å². The molecule has 0 spiro atoms. The quantitative estimate of drug-likeness (QED) is 0.799. The van der Waals surface area contributed by atoms with E-state index in [2.05, 4.69) is 16.5 Å². The molecule has 96 valence electrons. The second kappa shape index (κ2) is 6.51. The molecule has 6 nitrogen and oxygen atoms in total. The Kier molecular flexibility index (Phi) is 5.30. The molecule has 1 amide bonds. The zero-order valence-corrected chi connectivity index (χ0v) is 11.3. The number of aromatic nitrogens is 2. The van der Waals surface area contributed by atoms with Crippen LogP contribution in [0.15, 0.2) is 0 Å². The largest absolute Gasteiger partial charge is 0.388 e. The van der Waals surface area contributed by atoms with Crippen molar-refractivity contribution in [3.05, 3.63) is 5.69 Å². The Hall–Kier alpha value is -1.21. The molecule has 0 bridgehead atoms. The molecule has 0 radical (unpaired) electrons. The van der Waals surface area contributed by atoms with E-state index >= 15 is 0 Å². The van der Waals surface area contributed by atoms with Gasteiger partial charge < -0.3 is 10.6 Å². The minimum Gasteiger partial charge on any atom is -0.388 e. The Morgan fingerprint density at radius 3 is 2.65 bits per heavy atom. The summed E-state index contributed by atoms with van der Waals surface area (Å²) in [5, 5.41) is 4.60. The summed E-state index contributed by atoms with van der Waals surface area (Å²) in [5.41, 5.74) is 6.51.